The summed E-state index contributed by atoms with van der Waals surface area (Å²) in [5.41, 5.74) is 0.186. The van der Waals surface area contributed by atoms with E-state index in [4.69, 9.17) is 4.74 Å². The number of aromatic nitrogens is 4. The first-order chi connectivity index (χ1) is 15.6. The molecule has 3 heterocycles. The van der Waals surface area contributed by atoms with Crippen LogP contribution in [-0.2, 0) is 15.7 Å². The molecule has 1 saturated carbocycles. The Hall–Kier alpha value is -3.22. The van der Waals surface area contributed by atoms with Gasteiger partial charge in [0.2, 0.25) is 11.9 Å². The van der Waals surface area contributed by atoms with Crippen molar-refractivity contribution in [2.45, 2.75) is 57.1 Å². The average molecular weight is 466 g/mol. The van der Waals surface area contributed by atoms with Crippen LogP contribution in [0, 0.1) is 6.92 Å². The maximum absolute atomic E-state index is 12.6. The van der Waals surface area contributed by atoms with E-state index in [1.54, 1.807) is 26.0 Å². The summed E-state index contributed by atoms with van der Waals surface area (Å²) in [6.45, 7) is 3.62. The van der Waals surface area contributed by atoms with Crippen LogP contribution in [0.3, 0.4) is 0 Å². The number of aryl methyl sites for hydroxylation is 1. The number of fused-ring (bicyclic) bond motifs is 1. The fraction of sp³-hybridized carbons (Fsp3) is 0.550. The van der Waals surface area contributed by atoms with Gasteiger partial charge in [-0.15, -0.1) is 0 Å². The minimum Gasteiger partial charge on any atom is -0.379 e. The summed E-state index contributed by atoms with van der Waals surface area (Å²) in [5, 5.41) is 9.24. The molecule has 0 spiro atoms. The number of hydrogen-bond donors (Lipinski definition) is 3. The molecule has 1 unspecified atom stereocenters. The summed E-state index contributed by atoms with van der Waals surface area (Å²) >= 11 is 0. The van der Waals surface area contributed by atoms with Crippen LogP contribution >= 0.6 is 0 Å². The fourth-order valence-corrected chi connectivity index (χ4v) is 3.98. The molecule has 2 atom stereocenters. The molecular formula is C20H25F3N8O2. The van der Waals surface area contributed by atoms with Crippen molar-refractivity contribution in [3.63, 3.8) is 0 Å². The first-order valence-electron chi connectivity index (χ1n) is 10.4. The Bertz CT molecular complexity index is 1030. The van der Waals surface area contributed by atoms with Gasteiger partial charge in [-0.2, -0.15) is 18.2 Å². The lowest BCUT2D eigenvalue weighted by Gasteiger charge is -2.38. The summed E-state index contributed by atoms with van der Waals surface area (Å²) < 4.78 is 43.2. The van der Waals surface area contributed by atoms with Crippen LogP contribution in [0.2, 0.25) is 0 Å². The summed E-state index contributed by atoms with van der Waals surface area (Å²) in [7, 11) is 3.35. The molecule has 1 fully saturated rings. The first-order valence-corrected chi connectivity index (χ1v) is 10.4. The second kappa shape index (κ2) is 8.61. The lowest BCUT2D eigenvalue weighted by Crippen LogP contribution is -2.53. The van der Waals surface area contributed by atoms with Gasteiger partial charge >= 0.3 is 6.18 Å². The maximum Gasteiger partial charge on any atom is 0.434 e. The largest absolute Gasteiger partial charge is 0.434 e. The number of nitrogens with one attached hydrogen (secondary N) is 3. The van der Waals surface area contributed by atoms with Crippen LogP contribution in [0.25, 0.3) is 0 Å². The molecule has 33 heavy (non-hydrogen) atoms. The number of alkyl halides is 3. The van der Waals surface area contributed by atoms with Gasteiger partial charge in [-0.1, -0.05) is 0 Å². The number of likely N-dealkylation sites (N-methyl/N-ethyl adjacent to an activating group) is 1. The lowest BCUT2D eigenvalue weighted by molar-refractivity contribution is -0.141. The molecule has 3 N–H and O–H groups in total. The SMILES string of the molecule is COC(C)[C@H]1C(=O)Nc2c(C)nc(N[C@H]3C[C@@H](Nc4cnc(C(F)(F)F)cn4)C3)nc2N1C. The minimum absolute atomic E-state index is 0.0427. The molecule has 0 radical (unpaired) electrons. The van der Waals surface area contributed by atoms with Crippen LogP contribution in [0.15, 0.2) is 12.4 Å². The van der Waals surface area contributed by atoms with E-state index in [0.717, 1.165) is 6.20 Å². The lowest BCUT2D eigenvalue weighted by atomic mass is 9.87. The molecular weight excluding hydrogens is 441 g/mol. The van der Waals surface area contributed by atoms with Gasteiger partial charge in [0.15, 0.2) is 11.5 Å². The molecule has 0 saturated heterocycles. The van der Waals surface area contributed by atoms with Crippen LogP contribution in [-0.4, -0.2) is 64.2 Å². The molecule has 1 aliphatic heterocycles. The molecule has 0 bridgehead atoms. The number of carbonyl (C=O) groups is 1. The van der Waals surface area contributed by atoms with Gasteiger partial charge in [0, 0.05) is 26.2 Å². The van der Waals surface area contributed by atoms with Gasteiger partial charge < -0.3 is 25.6 Å². The molecule has 1 amide bonds. The molecule has 1 aliphatic carbocycles. The number of amides is 1. The standard InChI is InChI=1S/C20H25F3N8O2/c1-9-15-17(31(3)16(10(2)33-4)18(32)29-15)30-19(26-9)28-12-5-11(6-12)27-14-8-24-13(7-25-14)20(21,22)23/h7-8,10-12,16H,5-6H2,1-4H3,(H,25,27)(H,29,32)(H,26,28,30)/t10?,11-,12+,16-/m0/s1. The number of ether oxygens (including phenoxy) is 1. The first kappa shape index (κ1) is 23.0. The monoisotopic (exact) mass is 466 g/mol. The Balaban J connectivity index is 1.38. The van der Waals surface area contributed by atoms with Crippen molar-refractivity contribution in [1.82, 2.24) is 19.9 Å². The molecule has 0 aromatic carbocycles. The number of methoxy groups -OCH3 is 1. The number of anilines is 4. The summed E-state index contributed by atoms with van der Waals surface area (Å²) in [6, 6.07) is -0.396. The van der Waals surface area contributed by atoms with Gasteiger partial charge in [-0.05, 0) is 26.7 Å². The zero-order valence-electron chi connectivity index (χ0n) is 18.6. The summed E-state index contributed by atoms with van der Waals surface area (Å²) in [6.07, 6.45) is -1.63. The van der Waals surface area contributed by atoms with Crippen molar-refractivity contribution in [1.29, 1.82) is 0 Å². The predicted octanol–water partition coefficient (Wildman–Crippen LogP) is 2.44. The number of carbonyl (C=O) groups excluding carboxylic acids is 1. The highest BCUT2D eigenvalue weighted by atomic mass is 19.4. The van der Waals surface area contributed by atoms with Gasteiger partial charge in [0.25, 0.3) is 0 Å². The third-order valence-corrected chi connectivity index (χ3v) is 5.92. The second-order valence-corrected chi connectivity index (χ2v) is 8.26. The molecule has 2 aliphatic rings. The molecule has 2 aromatic rings. The average Bonchev–Trinajstić information content (AvgIpc) is 2.72. The van der Waals surface area contributed by atoms with Crippen molar-refractivity contribution in [3.05, 3.63) is 23.8 Å². The smallest absolute Gasteiger partial charge is 0.379 e. The van der Waals surface area contributed by atoms with Crippen LogP contribution in [0.5, 0.6) is 0 Å². The zero-order chi connectivity index (χ0) is 23.9. The van der Waals surface area contributed by atoms with E-state index in [-0.39, 0.29) is 24.1 Å². The summed E-state index contributed by atoms with van der Waals surface area (Å²) in [5.74, 6) is 1.16. The highest BCUT2D eigenvalue weighted by Crippen LogP contribution is 2.34. The topological polar surface area (TPSA) is 117 Å². The highest BCUT2D eigenvalue weighted by molar-refractivity contribution is 6.03. The Morgan fingerprint density at radius 3 is 2.48 bits per heavy atom. The number of nitrogens with zero attached hydrogens (tertiary/aromatic N) is 5. The number of hydrogen-bond acceptors (Lipinski definition) is 9. The predicted molar refractivity (Wildman–Crippen MR) is 115 cm³/mol. The van der Waals surface area contributed by atoms with Gasteiger partial charge in [-0.3, -0.25) is 4.79 Å². The van der Waals surface area contributed by atoms with E-state index in [2.05, 4.69) is 35.9 Å². The fourth-order valence-electron chi connectivity index (χ4n) is 3.98. The molecule has 178 valence electrons. The van der Waals surface area contributed by atoms with E-state index in [9.17, 15) is 18.0 Å². The van der Waals surface area contributed by atoms with Crippen LogP contribution in [0.1, 0.15) is 31.2 Å². The van der Waals surface area contributed by atoms with Crippen molar-refractivity contribution < 1.29 is 22.7 Å². The number of halogens is 3. The minimum atomic E-state index is -4.51. The molecule has 2 aromatic heterocycles. The van der Waals surface area contributed by atoms with Crippen molar-refractivity contribution >= 4 is 29.2 Å². The highest BCUT2D eigenvalue weighted by Gasteiger charge is 2.38. The van der Waals surface area contributed by atoms with E-state index in [1.165, 1.54) is 0 Å². The second-order valence-electron chi connectivity index (χ2n) is 8.26. The Morgan fingerprint density at radius 1 is 1.18 bits per heavy atom. The van der Waals surface area contributed by atoms with Crippen LogP contribution in [0.4, 0.5) is 36.4 Å². The third kappa shape index (κ3) is 4.63. The van der Waals surface area contributed by atoms with Crippen LogP contribution < -0.4 is 20.9 Å². The van der Waals surface area contributed by atoms with E-state index in [1.807, 2.05) is 6.92 Å². The maximum atomic E-state index is 12.6. The molecule has 13 heteroatoms. The summed E-state index contributed by atoms with van der Waals surface area (Å²) in [4.78, 5) is 30.6. The number of rotatable bonds is 6. The normalized spacial score (nSPS) is 23.3. The van der Waals surface area contributed by atoms with Crippen molar-refractivity contribution in [2.24, 2.45) is 0 Å². The van der Waals surface area contributed by atoms with Gasteiger partial charge in [-0.25, -0.2) is 15.0 Å². The van der Waals surface area contributed by atoms with E-state index >= 15 is 0 Å². The molecule has 10 nitrogen and oxygen atoms in total. The van der Waals surface area contributed by atoms with E-state index in [0.29, 0.717) is 48.0 Å². The van der Waals surface area contributed by atoms with E-state index < -0.39 is 17.9 Å². The Labute approximate surface area is 188 Å². The Morgan fingerprint density at radius 2 is 1.88 bits per heavy atom. The van der Waals surface area contributed by atoms with Crippen molar-refractivity contribution in [2.75, 3.05) is 35.0 Å². The van der Waals surface area contributed by atoms with Gasteiger partial charge in [0.1, 0.15) is 17.5 Å². The van der Waals surface area contributed by atoms with Crippen molar-refractivity contribution in [3.8, 4) is 0 Å². The van der Waals surface area contributed by atoms with Gasteiger partial charge in [0.05, 0.1) is 24.2 Å². The zero-order valence-corrected chi connectivity index (χ0v) is 18.6. The third-order valence-electron chi connectivity index (χ3n) is 5.92. The quantitative estimate of drug-likeness (QED) is 0.590. The molecule has 4 rings (SSSR count). The Kier molecular flexibility index (Phi) is 5.99.